The third-order valence-electron chi connectivity index (χ3n) is 3.36. The Kier molecular flexibility index (Phi) is 4.98. The predicted octanol–water partition coefficient (Wildman–Crippen LogP) is 2.79. The molecule has 0 radical (unpaired) electrons. The van der Waals surface area contributed by atoms with Gasteiger partial charge in [0.25, 0.3) is 0 Å². The number of rotatable bonds is 5. The molecule has 1 aromatic carbocycles. The molecule has 1 aromatic heterocycles. The topological polar surface area (TPSA) is 63.2 Å². The number of sulfone groups is 1. The second-order valence-electron chi connectivity index (χ2n) is 4.93. The summed E-state index contributed by atoms with van der Waals surface area (Å²) in [6, 6.07) is 7.03. The molecule has 0 N–H and O–H groups in total. The SMILES string of the molecule is CC(c1ccc(S(C)(=O)=O)cc1)N(C)Cc1nnsc1Cl. The van der Waals surface area contributed by atoms with Gasteiger partial charge in [0, 0.05) is 30.4 Å². The molecule has 0 spiro atoms. The third kappa shape index (κ3) is 4.00. The number of hydrogen-bond acceptors (Lipinski definition) is 6. The lowest BCUT2D eigenvalue weighted by Crippen LogP contribution is -2.22. The fourth-order valence-electron chi connectivity index (χ4n) is 1.91. The number of hydrogen-bond donors (Lipinski definition) is 0. The molecule has 21 heavy (non-hydrogen) atoms. The number of aromatic nitrogens is 2. The highest BCUT2D eigenvalue weighted by atomic mass is 35.5. The Hall–Kier alpha value is -1.02. The molecule has 2 rings (SSSR count). The Bertz CT molecular complexity index is 713. The first kappa shape index (κ1) is 16.4. The van der Waals surface area contributed by atoms with E-state index in [0.29, 0.717) is 15.8 Å². The van der Waals surface area contributed by atoms with Crippen LogP contribution >= 0.6 is 23.1 Å². The van der Waals surface area contributed by atoms with Crippen molar-refractivity contribution in [2.45, 2.75) is 24.4 Å². The van der Waals surface area contributed by atoms with Gasteiger partial charge < -0.3 is 0 Å². The van der Waals surface area contributed by atoms with Gasteiger partial charge in [0.1, 0.15) is 10.0 Å². The van der Waals surface area contributed by atoms with Gasteiger partial charge in [0.2, 0.25) is 0 Å². The molecule has 0 saturated carbocycles. The van der Waals surface area contributed by atoms with Crippen LogP contribution in [0.3, 0.4) is 0 Å². The molecule has 0 fully saturated rings. The maximum absolute atomic E-state index is 11.5. The summed E-state index contributed by atoms with van der Waals surface area (Å²) in [6.07, 6.45) is 1.20. The quantitative estimate of drug-likeness (QED) is 0.833. The number of nitrogens with zero attached hydrogens (tertiary/aromatic N) is 3. The van der Waals surface area contributed by atoms with E-state index in [0.717, 1.165) is 11.3 Å². The Balaban J connectivity index is 2.12. The fourth-order valence-corrected chi connectivity index (χ4v) is 3.15. The van der Waals surface area contributed by atoms with Gasteiger partial charge in [-0.3, -0.25) is 4.90 Å². The van der Waals surface area contributed by atoms with E-state index in [1.165, 1.54) is 17.8 Å². The minimum atomic E-state index is -3.16. The van der Waals surface area contributed by atoms with Gasteiger partial charge in [-0.15, -0.1) is 5.10 Å². The van der Waals surface area contributed by atoms with Gasteiger partial charge in [0.15, 0.2) is 9.84 Å². The zero-order valence-electron chi connectivity index (χ0n) is 11.9. The van der Waals surface area contributed by atoms with E-state index >= 15 is 0 Å². The van der Waals surface area contributed by atoms with Crippen molar-refractivity contribution in [1.82, 2.24) is 14.5 Å². The number of halogens is 1. The van der Waals surface area contributed by atoms with Crippen LogP contribution in [0.25, 0.3) is 0 Å². The summed E-state index contributed by atoms with van der Waals surface area (Å²) in [7, 11) is -1.20. The average molecular weight is 346 g/mol. The molecule has 0 bridgehead atoms. The monoisotopic (exact) mass is 345 g/mol. The highest BCUT2D eigenvalue weighted by Gasteiger charge is 2.16. The van der Waals surface area contributed by atoms with Crippen molar-refractivity contribution >= 4 is 33.0 Å². The van der Waals surface area contributed by atoms with Crippen molar-refractivity contribution in [3.63, 3.8) is 0 Å². The van der Waals surface area contributed by atoms with Crippen molar-refractivity contribution < 1.29 is 8.42 Å². The normalized spacial score (nSPS) is 13.6. The lowest BCUT2D eigenvalue weighted by molar-refractivity contribution is 0.250. The highest BCUT2D eigenvalue weighted by Crippen LogP contribution is 2.25. The first-order valence-electron chi connectivity index (χ1n) is 6.26. The second kappa shape index (κ2) is 6.39. The predicted molar refractivity (Wildman–Crippen MR) is 84.4 cm³/mol. The summed E-state index contributed by atoms with van der Waals surface area (Å²) in [5.74, 6) is 0. The van der Waals surface area contributed by atoms with Crippen LogP contribution in [0.1, 0.15) is 24.2 Å². The van der Waals surface area contributed by atoms with E-state index in [-0.39, 0.29) is 6.04 Å². The van der Waals surface area contributed by atoms with E-state index in [1.54, 1.807) is 12.1 Å². The molecule has 0 aliphatic rings. The summed E-state index contributed by atoms with van der Waals surface area (Å²) in [6.45, 7) is 2.63. The van der Waals surface area contributed by atoms with Crippen molar-refractivity contribution in [3.8, 4) is 0 Å². The Morgan fingerprint density at radius 2 is 1.95 bits per heavy atom. The van der Waals surface area contributed by atoms with Gasteiger partial charge >= 0.3 is 0 Å². The lowest BCUT2D eigenvalue weighted by atomic mass is 10.1. The van der Waals surface area contributed by atoms with Crippen LogP contribution in [0.4, 0.5) is 0 Å². The Morgan fingerprint density at radius 3 is 2.43 bits per heavy atom. The van der Waals surface area contributed by atoms with Crippen LogP contribution < -0.4 is 0 Å². The lowest BCUT2D eigenvalue weighted by Gasteiger charge is -2.24. The zero-order chi connectivity index (χ0) is 15.6. The molecule has 0 saturated heterocycles. The van der Waals surface area contributed by atoms with Crippen molar-refractivity contribution in [2.75, 3.05) is 13.3 Å². The van der Waals surface area contributed by atoms with E-state index < -0.39 is 9.84 Å². The van der Waals surface area contributed by atoms with Gasteiger partial charge in [-0.25, -0.2) is 8.42 Å². The zero-order valence-corrected chi connectivity index (χ0v) is 14.3. The maximum atomic E-state index is 11.5. The van der Waals surface area contributed by atoms with Gasteiger partial charge in [0.05, 0.1) is 4.90 Å². The van der Waals surface area contributed by atoms with Crippen LogP contribution in [0.15, 0.2) is 29.2 Å². The molecule has 8 heteroatoms. The first-order valence-corrected chi connectivity index (χ1v) is 9.30. The van der Waals surface area contributed by atoms with Crippen LogP contribution in [-0.4, -0.2) is 36.2 Å². The summed E-state index contributed by atoms with van der Waals surface area (Å²) in [4.78, 5) is 2.41. The van der Waals surface area contributed by atoms with E-state index in [2.05, 4.69) is 14.5 Å². The summed E-state index contributed by atoms with van der Waals surface area (Å²) in [5, 5.41) is 3.99. The third-order valence-corrected chi connectivity index (χ3v) is 5.47. The summed E-state index contributed by atoms with van der Waals surface area (Å²) in [5.41, 5.74) is 1.79. The Morgan fingerprint density at radius 1 is 1.33 bits per heavy atom. The molecule has 1 atom stereocenters. The first-order chi connectivity index (χ1) is 9.79. The van der Waals surface area contributed by atoms with Gasteiger partial charge in [-0.1, -0.05) is 28.2 Å². The molecule has 0 aliphatic heterocycles. The van der Waals surface area contributed by atoms with Crippen molar-refractivity contribution in [2.24, 2.45) is 0 Å². The molecule has 5 nitrogen and oxygen atoms in total. The van der Waals surface area contributed by atoms with Crippen LogP contribution in [0.5, 0.6) is 0 Å². The molecule has 0 aliphatic carbocycles. The summed E-state index contributed by atoms with van der Waals surface area (Å²) >= 11 is 7.18. The number of benzene rings is 1. The van der Waals surface area contributed by atoms with Crippen LogP contribution in [0.2, 0.25) is 4.34 Å². The molecule has 1 heterocycles. The molecule has 1 unspecified atom stereocenters. The van der Waals surface area contributed by atoms with E-state index in [9.17, 15) is 8.42 Å². The standard InChI is InChI=1S/C13H16ClN3O2S2/c1-9(17(2)8-12-13(14)20-16-15-12)10-4-6-11(7-5-10)21(3,18)19/h4-7,9H,8H2,1-3H3. The smallest absolute Gasteiger partial charge is 0.175 e. The van der Waals surface area contributed by atoms with Gasteiger partial charge in [-0.05, 0) is 31.7 Å². The second-order valence-corrected chi connectivity index (χ2v) is 8.30. The molecule has 0 amide bonds. The van der Waals surface area contributed by atoms with Crippen molar-refractivity contribution in [1.29, 1.82) is 0 Å². The molecule has 114 valence electrons. The summed E-state index contributed by atoms with van der Waals surface area (Å²) < 4.78 is 27.3. The molecular weight excluding hydrogens is 330 g/mol. The van der Waals surface area contributed by atoms with Crippen molar-refractivity contribution in [3.05, 3.63) is 39.9 Å². The Labute approximate surface area is 133 Å². The van der Waals surface area contributed by atoms with E-state index in [1.807, 2.05) is 26.1 Å². The minimum Gasteiger partial charge on any atom is -0.294 e. The average Bonchev–Trinajstić information content (AvgIpc) is 2.82. The minimum absolute atomic E-state index is 0.108. The fraction of sp³-hybridized carbons (Fsp3) is 0.385. The van der Waals surface area contributed by atoms with Crippen LogP contribution in [0, 0.1) is 0 Å². The van der Waals surface area contributed by atoms with Crippen LogP contribution in [-0.2, 0) is 16.4 Å². The maximum Gasteiger partial charge on any atom is 0.175 e. The van der Waals surface area contributed by atoms with E-state index in [4.69, 9.17) is 11.6 Å². The molecular formula is C13H16ClN3O2S2. The highest BCUT2D eigenvalue weighted by molar-refractivity contribution is 7.90. The largest absolute Gasteiger partial charge is 0.294 e. The van der Waals surface area contributed by atoms with Gasteiger partial charge in [-0.2, -0.15) is 0 Å². The molecule has 2 aromatic rings.